The van der Waals surface area contributed by atoms with E-state index in [1.54, 1.807) is 12.1 Å². The molecule has 1 atom stereocenters. The molecule has 2 aromatic rings. The molecule has 0 saturated carbocycles. The van der Waals surface area contributed by atoms with E-state index in [1.165, 1.54) is 18.4 Å². The van der Waals surface area contributed by atoms with E-state index in [0.29, 0.717) is 6.54 Å². The Morgan fingerprint density at radius 3 is 2.10 bits per heavy atom. The number of hydrogen-bond acceptors (Lipinski definition) is 5. The summed E-state index contributed by atoms with van der Waals surface area (Å²) >= 11 is 0. The smallest absolute Gasteiger partial charge is 0.208 e. The van der Waals surface area contributed by atoms with Crippen LogP contribution in [-0.2, 0) is 10.0 Å². The van der Waals surface area contributed by atoms with Crippen LogP contribution in [0.2, 0.25) is 0 Å². The molecule has 0 unspecified atom stereocenters. The second-order valence-electron chi connectivity index (χ2n) is 7.62. The molecule has 1 N–H and O–H groups in total. The largest absolute Gasteiger partial charge is 0.378 e. The van der Waals surface area contributed by atoms with Crippen molar-refractivity contribution in [2.24, 2.45) is 0 Å². The van der Waals surface area contributed by atoms with Gasteiger partial charge in [-0.25, -0.2) is 17.5 Å². The molecule has 0 aromatic heterocycles. The van der Waals surface area contributed by atoms with Crippen molar-refractivity contribution in [1.29, 1.82) is 0 Å². The van der Waals surface area contributed by atoms with Gasteiger partial charge in [-0.3, -0.25) is 4.90 Å². The lowest BCUT2D eigenvalue weighted by molar-refractivity contribution is 0.187. The second-order valence-corrected chi connectivity index (χ2v) is 9.45. The topological polar surface area (TPSA) is 55.9 Å². The lowest BCUT2D eigenvalue weighted by Gasteiger charge is -2.40. The van der Waals surface area contributed by atoms with Crippen LogP contribution in [0.25, 0.3) is 0 Å². The molecule has 0 amide bonds. The highest BCUT2D eigenvalue weighted by Gasteiger charge is 2.26. The van der Waals surface area contributed by atoms with Gasteiger partial charge >= 0.3 is 0 Å². The number of benzene rings is 2. The summed E-state index contributed by atoms with van der Waals surface area (Å²) in [5.41, 5.74) is 3.19. The summed E-state index contributed by atoms with van der Waals surface area (Å²) in [5, 5.41) is 0. The van der Waals surface area contributed by atoms with Crippen LogP contribution >= 0.6 is 0 Å². The van der Waals surface area contributed by atoms with Gasteiger partial charge in [0.1, 0.15) is 5.82 Å². The number of sulfonamides is 1. The molecular formula is C21H29FN4O2S. The third-order valence-electron chi connectivity index (χ3n) is 5.28. The van der Waals surface area contributed by atoms with Gasteiger partial charge in [-0.2, -0.15) is 0 Å². The Morgan fingerprint density at radius 1 is 1.00 bits per heavy atom. The molecule has 0 aliphatic carbocycles. The fraction of sp³-hybridized carbons (Fsp3) is 0.429. The zero-order chi connectivity index (χ0) is 21.0. The first-order valence-corrected chi connectivity index (χ1v) is 11.6. The Hall–Kier alpha value is -2.16. The highest BCUT2D eigenvalue weighted by Crippen LogP contribution is 2.26. The van der Waals surface area contributed by atoms with Crippen LogP contribution in [0, 0.1) is 5.82 Å². The first kappa shape index (κ1) is 21.5. The molecule has 0 spiro atoms. The van der Waals surface area contributed by atoms with E-state index >= 15 is 0 Å². The average molecular weight is 421 g/mol. The molecule has 1 fully saturated rings. The fourth-order valence-corrected chi connectivity index (χ4v) is 4.09. The molecular weight excluding hydrogens is 391 g/mol. The predicted molar refractivity (Wildman–Crippen MR) is 117 cm³/mol. The van der Waals surface area contributed by atoms with Crippen molar-refractivity contribution >= 4 is 21.4 Å². The predicted octanol–water partition coefficient (Wildman–Crippen LogP) is 2.30. The normalized spacial score (nSPS) is 16.6. The van der Waals surface area contributed by atoms with Gasteiger partial charge in [0.15, 0.2) is 0 Å². The van der Waals surface area contributed by atoms with Crippen molar-refractivity contribution in [3.8, 4) is 0 Å². The maximum absolute atomic E-state index is 13.2. The van der Waals surface area contributed by atoms with Crippen molar-refractivity contribution in [3.05, 3.63) is 59.9 Å². The zero-order valence-electron chi connectivity index (χ0n) is 17.2. The maximum atomic E-state index is 13.2. The van der Waals surface area contributed by atoms with Crippen molar-refractivity contribution in [2.75, 3.05) is 62.9 Å². The monoisotopic (exact) mass is 420 g/mol. The van der Waals surface area contributed by atoms with Crippen molar-refractivity contribution < 1.29 is 12.8 Å². The van der Waals surface area contributed by atoms with E-state index in [1.807, 2.05) is 19.0 Å². The van der Waals surface area contributed by atoms with E-state index in [9.17, 15) is 12.8 Å². The minimum atomic E-state index is -3.28. The number of rotatable bonds is 7. The molecule has 2 aromatic carbocycles. The fourth-order valence-electron chi connectivity index (χ4n) is 3.63. The highest BCUT2D eigenvalue weighted by molar-refractivity contribution is 7.88. The number of nitrogens with one attached hydrogen (secondary N) is 1. The summed E-state index contributed by atoms with van der Waals surface area (Å²) in [5.74, 6) is -0.236. The average Bonchev–Trinajstić information content (AvgIpc) is 2.69. The van der Waals surface area contributed by atoms with Crippen LogP contribution in [0.3, 0.4) is 0 Å². The van der Waals surface area contributed by atoms with Crippen LogP contribution in [0.4, 0.5) is 15.8 Å². The Kier molecular flexibility index (Phi) is 6.77. The molecule has 1 heterocycles. The van der Waals surface area contributed by atoms with Gasteiger partial charge < -0.3 is 9.80 Å². The number of hydrogen-bond donors (Lipinski definition) is 1. The summed E-state index contributed by atoms with van der Waals surface area (Å²) in [6.07, 6.45) is 1.19. The van der Waals surface area contributed by atoms with E-state index in [4.69, 9.17) is 0 Å². The molecule has 1 aliphatic heterocycles. The lowest BCUT2D eigenvalue weighted by Crippen LogP contribution is -2.49. The van der Waals surface area contributed by atoms with E-state index in [-0.39, 0.29) is 11.9 Å². The van der Waals surface area contributed by atoms with Crippen molar-refractivity contribution in [2.45, 2.75) is 6.04 Å². The summed E-state index contributed by atoms with van der Waals surface area (Å²) in [6.45, 7) is 3.52. The molecule has 0 radical (unpaired) electrons. The third kappa shape index (κ3) is 5.91. The Labute approximate surface area is 173 Å². The van der Waals surface area contributed by atoms with Gasteiger partial charge in [0.05, 0.1) is 6.26 Å². The van der Waals surface area contributed by atoms with Crippen LogP contribution < -0.4 is 14.5 Å². The number of halogens is 1. The first-order chi connectivity index (χ1) is 13.7. The first-order valence-electron chi connectivity index (χ1n) is 9.69. The van der Waals surface area contributed by atoms with Gasteiger partial charge in [0.2, 0.25) is 10.0 Å². The van der Waals surface area contributed by atoms with E-state index < -0.39 is 10.0 Å². The van der Waals surface area contributed by atoms with Crippen LogP contribution in [0.5, 0.6) is 0 Å². The summed E-state index contributed by atoms with van der Waals surface area (Å²) in [4.78, 5) is 6.57. The number of anilines is 2. The number of piperazine rings is 1. The quantitative estimate of drug-likeness (QED) is 0.745. The minimum absolute atomic E-state index is 0.0451. The van der Waals surface area contributed by atoms with Gasteiger partial charge in [-0.15, -0.1) is 0 Å². The molecule has 6 nitrogen and oxygen atoms in total. The maximum Gasteiger partial charge on any atom is 0.208 e. The zero-order valence-corrected chi connectivity index (χ0v) is 18.0. The lowest BCUT2D eigenvalue weighted by atomic mass is 10.0. The van der Waals surface area contributed by atoms with Gasteiger partial charge in [-0.1, -0.05) is 12.1 Å². The van der Waals surface area contributed by atoms with Gasteiger partial charge in [0.25, 0.3) is 0 Å². The van der Waals surface area contributed by atoms with Gasteiger partial charge in [-0.05, 0) is 42.0 Å². The Morgan fingerprint density at radius 2 is 1.59 bits per heavy atom. The molecule has 3 rings (SSSR count). The van der Waals surface area contributed by atoms with Crippen molar-refractivity contribution in [3.63, 3.8) is 0 Å². The highest BCUT2D eigenvalue weighted by atomic mass is 32.2. The standard InChI is InChI=1S/C21H29FN4O2S/c1-24(2)19-8-4-17(5-9-19)21(16-23-29(3,27)28)26-14-12-25(13-15-26)20-10-6-18(22)7-11-20/h4-11,21,23H,12-16H2,1-3H3/t21-/m1/s1. The van der Waals surface area contributed by atoms with Gasteiger partial charge in [0, 0.05) is 64.2 Å². The summed E-state index contributed by atoms with van der Waals surface area (Å²) in [7, 11) is 0.709. The third-order valence-corrected chi connectivity index (χ3v) is 5.97. The van der Waals surface area contributed by atoms with Crippen LogP contribution in [0.15, 0.2) is 48.5 Å². The molecule has 1 saturated heterocycles. The van der Waals surface area contributed by atoms with Crippen LogP contribution in [-0.4, -0.2) is 66.4 Å². The molecule has 29 heavy (non-hydrogen) atoms. The molecule has 8 heteroatoms. The van der Waals surface area contributed by atoms with Crippen LogP contribution in [0.1, 0.15) is 11.6 Å². The van der Waals surface area contributed by atoms with Crippen molar-refractivity contribution in [1.82, 2.24) is 9.62 Å². The molecule has 158 valence electrons. The molecule has 1 aliphatic rings. The molecule has 0 bridgehead atoms. The Bertz CT molecular complexity index is 893. The summed E-state index contributed by atoms with van der Waals surface area (Å²) < 4.78 is 39.2. The SMILES string of the molecule is CN(C)c1ccc([C@@H](CNS(C)(=O)=O)N2CCN(c3ccc(F)cc3)CC2)cc1. The Balaban J connectivity index is 1.73. The van der Waals surface area contributed by atoms with E-state index in [0.717, 1.165) is 43.1 Å². The summed E-state index contributed by atoms with van der Waals surface area (Å²) in [6, 6.07) is 14.7. The minimum Gasteiger partial charge on any atom is -0.378 e. The second kappa shape index (κ2) is 9.11. The number of nitrogens with zero attached hydrogens (tertiary/aromatic N) is 3. The van der Waals surface area contributed by atoms with E-state index in [2.05, 4.69) is 38.8 Å².